The summed E-state index contributed by atoms with van der Waals surface area (Å²) < 4.78 is 0. The van der Waals surface area contributed by atoms with Crippen LogP contribution in [-0.2, 0) is 30.4 Å². The van der Waals surface area contributed by atoms with E-state index in [0.717, 1.165) is 0 Å². The fraction of sp³-hybridized carbons (Fsp3) is 0.600. The van der Waals surface area contributed by atoms with Crippen LogP contribution in [0, 0.1) is 5.92 Å². The van der Waals surface area contributed by atoms with E-state index in [4.69, 9.17) is 10.8 Å². The molecule has 13 heteroatoms. The number of hydrogen-bond donors (Lipinski definition) is 7. The first-order valence-electron chi connectivity index (χ1n) is 10.5. The Morgan fingerprint density at radius 3 is 2.15 bits per heavy atom. The van der Waals surface area contributed by atoms with Crippen LogP contribution in [0.1, 0.15) is 45.7 Å². The van der Waals surface area contributed by atoms with E-state index < -0.39 is 60.2 Å². The molecule has 1 heterocycles. The molecule has 4 atom stereocenters. The monoisotopic (exact) mass is 468 g/mol. The molecule has 0 aliphatic heterocycles. The minimum absolute atomic E-state index is 0.0488. The molecule has 0 aromatic carbocycles. The highest BCUT2D eigenvalue weighted by molar-refractivity contribution is 5.94. The van der Waals surface area contributed by atoms with Gasteiger partial charge >= 0.3 is 11.9 Å². The molecule has 13 nitrogen and oxygen atoms in total. The van der Waals surface area contributed by atoms with Crippen LogP contribution in [-0.4, -0.2) is 74.0 Å². The standard InChI is InChI=1S/C20H32N6O7/c1-10(2)6-13(21)18(30)25-14(4-5-16(27)28)19(31)24-11(3)17(29)26-15(20(32)33)7-12-8-22-9-23-12/h8-11,13-15H,4-7,21H2,1-3H3,(H,22,23)(H,24,31)(H,25,30)(H,26,29)(H,27,28)(H,32,33). The second-order valence-electron chi connectivity index (χ2n) is 8.14. The molecule has 1 aromatic heterocycles. The van der Waals surface area contributed by atoms with Crippen molar-refractivity contribution in [2.24, 2.45) is 11.7 Å². The first kappa shape index (κ1) is 27.6. The molecule has 0 saturated heterocycles. The Bertz CT molecular complexity index is 827. The minimum Gasteiger partial charge on any atom is -0.481 e. The fourth-order valence-corrected chi connectivity index (χ4v) is 2.92. The van der Waals surface area contributed by atoms with Crippen LogP contribution in [0.15, 0.2) is 12.5 Å². The number of carbonyl (C=O) groups is 5. The van der Waals surface area contributed by atoms with E-state index >= 15 is 0 Å². The number of H-pyrrole nitrogens is 1. The van der Waals surface area contributed by atoms with Gasteiger partial charge in [0.2, 0.25) is 17.7 Å². The number of nitrogens with two attached hydrogens (primary N) is 1. The topological polar surface area (TPSA) is 217 Å². The Kier molecular flexibility index (Phi) is 11.0. The number of aromatic nitrogens is 2. The lowest BCUT2D eigenvalue weighted by Crippen LogP contribution is -2.56. The zero-order chi connectivity index (χ0) is 25.1. The second-order valence-corrected chi connectivity index (χ2v) is 8.14. The molecule has 33 heavy (non-hydrogen) atoms. The molecule has 0 aliphatic rings. The van der Waals surface area contributed by atoms with Crippen molar-refractivity contribution in [3.63, 3.8) is 0 Å². The van der Waals surface area contributed by atoms with Crippen LogP contribution in [0.2, 0.25) is 0 Å². The number of rotatable bonds is 14. The maximum Gasteiger partial charge on any atom is 0.326 e. The Morgan fingerprint density at radius 2 is 1.64 bits per heavy atom. The highest BCUT2D eigenvalue weighted by atomic mass is 16.4. The number of imidazole rings is 1. The lowest BCUT2D eigenvalue weighted by Gasteiger charge is -2.23. The van der Waals surface area contributed by atoms with Crippen LogP contribution in [0.25, 0.3) is 0 Å². The largest absolute Gasteiger partial charge is 0.481 e. The normalized spacial score (nSPS) is 14.6. The molecule has 0 saturated carbocycles. The Morgan fingerprint density at radius 1 is 1.00 bits per heavy atom. The predicted octanol–water partition coefficient (Wildman–Crippen LogP) is -1.25. The summed E-state index contributed by atoms with van der Waals surface area (Å²) in [6.45, 7) is 5.08. The number of aliphatic carboxylic acids is 2. The van der Waals surface area contributed by atoms with Crippen molar-refractivity contribution in [3.05, 3.63) is 18.2 Å². The fourth-order valence-electron chi connectivity index (χ4n) is 2.92. The molecule has 0 fully saturated rings. The van der Waals surface area contributed by atoms with Crippen molar-refractivity contribution < 1.29 is 34.2 Å². The van der Waals surface area contributed by atoms with E-state index in [1.54, 1.807) is 0 Å². The molecule has 0 spiro atoms. The molecule has 4 unspecified atom stereocenters. The summed E-state index contributed by atoms with van der Waals surface area (Å²) in [5, 5.41) is 25.4. The number of carboxylic acid groups (broad SMARTS) is 2. The first-order valence-corrected chi connectivity index (χ1v) is 10.5. The van der Waals surface area contributed by atoms with Crippen molar-refractivity contribution in [1.82, 2.24) is 25.9 Å². The SMILES string of the molecule is CC(C)CC(N)C(=O)NC(CCC(=O)O)C(=O)NC(C)C(=O)NC(Cc1cnc[nH]1)C(=O)O. The van der Waals surface area contributed by atoms with Gasteiger partial charge in [0.25, 0.3) is 0 Å². The Hall–Kier alpha value is -3.48. The number of nitrogens with zero attached hydrogens (tertiary/aromatic N) is 1. The maximum atomic E-state index is 12.7. The molecule has 3 amide bonds. The van der Waals surface area contributed by atoms with E-state index in [1.165, 1.54) is 19.4 Å². The highest BCUT2D eigenvalue weighted by Crippen LogP contribution is 2.05. The average Bonchev–Trinajstić information content (AvgIpc) is 3.22. The van der Waals surface area contributed by atoms with Gasteiger partial charge in [-0.2, -0.15) is 0 Å². The molecule has 0 aliphatic carbocycles. The number of carboxylic acids is 2. The van der Waals surface area contributed by atoms with Crippen LogP contribution < -0.4 is 21.7 Å². The summed E-state index contributed by atoms with van der Waals surface area (Å²) in [4.78, 5) is 66.4. The van der Waals surface area contributed by atoms with Gasteiger partial charge in [0, 0.05) is 24.7 Å². The van der Waals surface area contributed by atoms with E-state index in [2.05, 4.69) is 25.9 Å². The van der Waals surface area contributed by atoms with E-state index in [1.807, 2.05) is 13.8 Å². The first-order chi connectivity index (χ1) is 15.4. The smallest absolute Gasteiger partial charge is 0.326 e. The average molecular weight is 469 g/mol. The van der Waals surface area contributed by atoms with E-state index in [-0.39, 0.29) is 18.8 Å². The number of nitrogens with one attached hydrogen (secondary N) is 4. The molecule has 184 valence electrons. The van der Waals surface area contributed by atoms with E-state index in [0.29, 0.717) is 12.1 Å². The molecular weight excluding hydrogens is 436 g/mol. The van der Waals surface area contributed by atoms with Gasteiger partial charge in [0.1, 0.15) is 18.1 Å². The van der Waals surface area contributed by atoms with Crippen molar-refractivity contribution >= 4 is 29.7 Å². The van der Waals surface area contributed by atoms with Gasteiger partial charge in [-0.05, 0) is 25.7 Å². The summed E-state index contributed by atoms with van der Waals surface area (Å²) in [7, 11) is 0. The third-order valence-electron chi connectivity index (χ3n) is 4.69. The predicted molar refractivity (Wildman–Crippen MR) is 116 cm³/mol. The number of carbonyl (C=O) groups excluding carboxylic acids is 3. The zero-order valence-corrected chi connectivity index (χ0v) is 18.8. The van der Waals surface area contributed by atoms with Crippen molar-refractivity contribution in [3.8, 4) is 0 Å². The minimum atomic E-state index is -1.28. The molecule has 1 rings (SSSR count). The van der Waals surface area contributed by atoms with Gasteiger partial charge in [0.05, 0.1) is 12.4 Å². The molecule has 0 bridgehead atoms. The Labute approximate surface area is 190 Å². The van der Waals surface area contributed by atoms with Crippen LogP contribution in [0.5, 0.6) is 0 Å². The van der Waals surface area contributed by atoms with Crippen LogP contribution in [0.3, 0.4) is 0 Å². The third-order valence-corrected chi connectivity index (χ3v) is 4.69. The lowest BCUT2D eigenvalue weighted by molar-refractivity contribution is -0.142. The van der Waals surface area contributed by atoms with Crippen LogP contribution >= 0.6 is 0 Å². The molecule has 0 radical (unpaired) electrons. The van der Waals surface area contributed by atoms with Crippen molar-refractivity contribution in [2.75, 3.05) is 0 Å². The highest BCUT2D eigenvalue weighted by Gasteiger charge is 2.29. The summed E-state index contributed by atoms with van der Waals surface area (Å²) in [6, 6.07) is -4.55. The van der Waals surface area contributed by atoms with Crippen molar-refractivity contribution in [2.45, 2.75) is 70.6 Å². The van der Waals surface area contributed by atoms with Gasteiger partial charge in [-0.25, -0.2) is 9.78 Å². The summed E-state index contributed by atoms with van der Waals surface area (Å²) in [6.07, 6.45) is 2.50. The van der Waals surface area contributed by atoms with Crippen molar-refractivity contribution in [1.29, 1.82) is 0 Å². The summed E-state index contributed by atoms with van der Waals surface area (Å²) in [5.41, 5.74) is 6.32. The van der Waals surface area contributed by atoms with Gasteiger partial charge in [-0.1, -0.05) is 13.8 Å². The quantitative estimate of drug-likeness (QED) is 0.173. The third kappa shape index (κ3) is 10.1. The van der Waals surface area contributed by atoms with Crippen LogP contribution in [0.4, 0.5) is 0 Å². The molecule has 1 aromatic rings. The summed E-state index contributed by atoms with van der Waals surface area (Å²) >= 11 is 0. The lowest BCUT2D eigenvalue weighted by atomic mass is 10.0. The maximum absolute atomic E-state index is 12.7. The zero-order valence-electron chi connectivity index (χ0n) is 18.8. The summed E-state index contributed by atoms with van der Waals surface area (Å²) in [5.74, 6) is -4.48. The van der Waals surface area contributed by atoms with Gasteiger partial charge in [-0.3, -0.25) is 19.2 Å². The molecule has 8 N–H and O–H groups in total. The van der Waals surface area contributed by atoms with Gasteiger partial charge in [-0.15, -0.1) is 0 Å². The van der Waals surface area contributed by atoms with E-state index in [9.17, 15) is 29.1 Å². The van der Waals surface area contributed by atoms with Gasteiger partial charge < -0.3 is 36.9 Å². The number of amides is 3. The Balaban J connectivity index is 2.77. The number of hydrogen-bond acceptors (Lipinski definition) is 7. The second kappa shape index (κ2) is 13.2. The number of aromatic amines is 1. The van der Waals surface area contributed by atoms with Gasteiger partial charge in [0.15, 0.2) is 0 Å². The molecular formula is C20H32N6O7.